The van der Waals surface area contributed by atoms with Crippen LogP contribution < -0.4 is 9.64 Å². The first kappa shape index (κ1) is 21.1. The van der Waals surface area contributed by atoms with Crippen LogP contribution in [0.15, 0.2) is 30.3 Å². The Morgan fingerprint density at radius 3 is 2.00 bits per heavy atom. The zero-order chi connectivity index (χ0) is 21.0. The van der Waals surface area contributed by atoms with Crippen LogP contribution in [0.3, 0.4) is 0 Å². The molecule has 3 N–H and O–H groups in total. The van der Waals surface area contributed by atoms with Crippen LogP contribution in [0.2, 0.25) is 0 Å². The summed E-state index contributed by atoms with van der Waals surface area (Å²) in [5.41, 5.74) is 2.77. The number of anilines is 1. The van der Waals surface area contributed by atoms with Gasteiger partial charge in [0.15, 0.2) is 0 Å². The molecule has 0 aromatic heterocycles. The molecule has 0 amide bonds. The molecule has 7 heteroatoms. The summed E-state index contributed by atoms with van der Waals surface area (Å²) in [4.78, 5) is 23.4. The summed E-state index contributed by atoms with van der Waals surface area (Å²) in [7, 11) is 0. The van der Waals surface area contributed by atoms with Crippen LogP contribution >= 0.6 is 0 Å². The van der Waals surface area contributed by atoms with Crippen LogP contribution in [0.4, 0.5) is 5.69 Å². The van der Waals surface area contributed by atoms with Crippen molar-refractivity contribution in [3.05, 3.63) is 47.0 Å². The Morgan fingerprint density at radius 1 is 1.00 bits per heavy atom. The van der Waals surface area contributed by atoms with Gasteiger partial charge in [-0.2, -0.15) is 0 Å². The molecular formula is C21H25NO6. The zero-order valence-electron chi connectivity index (χ0n) is 16.4. The van der Waals surface area contributed by atoms with E-state index in [1.54, 1.807) is 30.3 Å². The Kier molecular flexibility index (Phi) is 6.51. The van der Waals surface area contributed by atoms with Crippen molar-refractivity contribution in [3.8, 4) is 17.2 Å². The first-order chi connectivity index (χ1) is 13.1. The van der Waals surface area contributed by atoms with Crippen LogP contribution in [-0.2, 0) is 9.59 Å². The molecule has 0 atom stereocenters. The summed E-state index contributed by atoms with van der Waals surface area (Å²) in [6.45, 7) is 6.75. The Labute approximate surface area is 163 Å². The van der Waals surface area contributed by atoms with Crippen LogP contribution in [0.5, 0.6) is 17.2 Å². The average molecular weight is 387 g/mol. The molecule has 2 rings (SSSR count). The van der Waals surface area contributed by atoms with Crippen molar-refractivity contribution in [2.75, 3.05) is 18.0 Å². The first-order valence-electron chi connectivity index (χ1n) is 8.89. The molecule has 150 valence electrons. The molecule has 0 heterocycles. The summed E-state index contributed by atoms with van der Waals surface area (Å²) in [6.07, 6.45) is 0. The third-order valence-electron chi connectivity index (χ3n) is 4.30. The van der Waals surface area contributed by atoms with Gasteiger partial charge in [0.05, 0.1) is 0 Å². The minimum absolute atomic E-state index is 0.133. The number of rotatable bonds is 8. The summed E-state index contributed by atoms with van der Waals surface area (Å²) < 4.78 is 6.02. The van der Waals surface area contributed by atoms with E-state index in [1.807, 2.05) is 27.7 Å². The lowest BCUT2D eigenvalue weighted by atomic mass is 10.0. The van der Waals surface area contributed by atoms with Gasteiger partial charge in [-0.25, -0.2) is 0 Å². The number of carboxylic acids is 2. The molecule has 0 unspecified atom stereocenters. The molecule has 7 nitrogen and oxygen atoms in total. The highest BCUT2D eigenvalue weighted by molar-refractivity contribution is 5.80. The standard InChI is InChI=1S/C21H25NO6/c1-12(2)17-9-16(5-6-18(17)23)28-21-13(3)7-15(8-14(21)4)22(10-19(24)25)11-20(26)27/h5-9,12,23H,10-11H2,1-4H3,(H,24,25)(H,26,27). The van der Waals surface area contributed by atoms with Gasteiger partial charge >= 0.3 is 11.9 Å². The summed E-state index contributed by atoms with van der Waals surface area (Å²) in [6, 6.07) is 8.46. The number of aromatic hydroxyl groups is 1. The van der Waals surface area contributed by atoms with Crippen molar-refractivity contribution in [3.63, 3.8) is 0 Å². The van der Waals surface area contributed by atoms with Gasteiger partial charge < -0.3 is 25.0 Å². The third-order valence-corrected chi connectivity index (χ3v) is 4.30. The number of aryl methyl sites for hydroxylation is 2. The SMILES string of the molecule is Cc1cc(N(CC(=O)O)CC(=O)O)cc(C)c1Oc1ccc(O)c(C(C)C)c1. The smallest absolute Gasteiger partial charge is 0.323 e. The second kappa shape index (κ2) is 8.65. The van der Waals surface area contributed by atoms with Crippen LogP contribution in [0.25, 0.3) is 0 Å². The number of carboxylic acid groups (broad SMARTS) is 2. The molecular weight excluding hydrogens is 362 g/mol. The van der Waals surface area contributed by atoms with Gasteiger partial charge in [-0.1, -0.05) is 13.8 Å². The van der Waals surface area contributed by atoms with Gasteiger partial charge in [-0.3, -0.25) is 9.59 Å². The maximum atomic E-state index is 11.1. The number of phenolic OH excluding ortho intramolecular Hbond substituents is 1. The fourth-order valence-electron chi connectivity index (χ4n) is 3.01. The van der Waals surface area contributed by atoms with Crippen molar-refractivity contribution >= 4 is 17.6 Å². The minimum Gasteiger partial charge on any atom is -0.508 e. The van der Waals surface area contributed by atoms with E-state index >= 15 is 0 Å². The number of carbonyl (C=O) groups is 2. The van der Waals surface area contributed by atoms with Crippen LogP contribution in [0.1, 0.15) is 36.5 Å². The molecule has 0 saturated heterocycles. The topological polar surface area (TPSA) is 107 Å². The number of ether oxygens (including phenoxy) is 1. The molecule has 0 spiro atoms. The monoisotopic (exact) mass is 387 g/mol. The number of hydrogen-bond donors (Lipinski definition) is 3. The Hall–Kier alpha value is -3.22. The second-order valence-corrected chi connectivity index (χ2v) is 7.03. The lowest BCUT2D eigenvalue weighted by molar-refractivity contribution is -0.136. The first-order valence-corrected chi connectivity index (χ1v) is 8.89. The molecule has 2 aromatic carbocycles. The fourth-order valence-corrected chi connectivity index (χ4v) is 3.01. The van der Waals surface area contributed by atoms with Crippen LogP contribution in [0, 0.1) is 13.8 Å². The Morgan fingerprint density at radius 2 is 1.54 bits per heavy atom. The number of aliphatic carboxylic acids is 2. The van der Waals surface area contributed by atoms with Crippen molar-refractivity contribution in [2.45, 2.75) is 33.6 Å². The lowest BCUT2D eigenvalue weighted by Gasteiger charge is -2.23. The van der Waals surface area contributed by atoms with Gasteiger partial charge in [-0.05, 0) is 61.2 Å². The predicted octanol–water partition coefficient (Wildman–Crippen LogP) is 3.90. The predicted molar refractivity (Wildman–Crippen MR) is 106 cm³/mol. The lowest BCUT2D eigenvalue weighted by Crippen LogP contribution is -2.34. The summed E-state index contributed by atoms with van der Waals surface area (Å²) >= 11 is 0. The average Bonchev–Trinajstić information content (AvgIpc) is 2.57. The van der Waals surface area contributed by atoms with Crippen LogP contribution in [-0.4, -0.2) is 40.3 Å². The second-order valence-electron chi connectivity index (χ2n) is 7.03. The van der Waals surface area contributed by atoms with Gasteiger partial charge in [0.1, 0.15) is 30.3 Å². The highest BCUT2D eigenvalue weighted by atomic mass is 16.5. The number of nitrogens with zero attached hydrogens (tertiary/aromatic N) is 1. The van der Waals surface area contributed by atoms with E-state index in [2.05, 4.69) is 0 Å². The maximum Gasteiger partial charge on any atom is 0.323 e. The van der Waals surface area contributed by atoms with E-state index in [9.17, 15) is 14.7 Å². The highest BCUT2D eigenvalue weighted by Gasteiger charge is 2.17. The van der Waals surface area contributed by atoms with E-state index in [0.29, 0.717) is 17.2 Å². The van der Waals surface area contributed by atoms with E-state index in [4.69, 9.17) is 14.9 Å². The van der Waals surface area contributed by atoms with Crippen molar-refractivity contribution in [1.29, 1.82) is 0 Å². The molecule has 0 radical (unpaired) electrons. The van der Waals surface area contributed by atoms with Crippen molar-refractivity contribution in [2.24, 2.45) is 0 Å². The van der Waals surface area contributed by atoms with Gasteiger partial charge in [0, 0.05) is 11.3 Å². The molecule has 0 bridgehead atoms. The molecule has 28 heavy (non-hydrogen) atoms. The normalized spacial score (nSPS) is 10.8. The van der Waals surface area contributed by atoms with Crippen molar-refractivity contribution < 1.29 is 29.6 Å². The summed E-state index contributed by atoms with van der Waals surface area (Å²) in [5, 5.41) is 28.1. The molecule has 0 aliphatic carbocycles. The Bertz CT molecular complexity index is 851. The number of hydrogen-bond acceptors (Lipinski definition) is 5. The molecule has 2 aromatic rings. The summed E-state index contributed by atoms with van der Waals surface area (Å²) in [5.74, 6) is -0.689. The number of benzene rings is 2. The quantitative estimate of drug-likeness (QED) is 0.630. The van der Waals surface area contributed by atoms with E-state index in [-0.39, 0.29) is 11.7 Å². The minimum atomic E-state index is -1.11. The number of phenols is 1. The largest absolute Gasteiger partial charge is 0.508 e. The zero-order valence-corrected chi connectivity index (χ0v) is 16.4. The highest BCUT2D eigenvalue weighted by Crippen LogP contribution is 2.35. The van der Waals surface area contributed by atoms with Gasteiger partial charge in [0.25, 0.3) is 0 Å². The Balaban J connectivity index is 2.37. The van der Waals surface area contributed by atoms with Gasteiger partial charge in [-0.15, -0.1) is 0 Å². The van der Waals surface area contributed by atoms with E-state index < -0.39 is 25.0 Å². The third kappa shape index (κ3) is 5.16. The maximum absolute atomic E-state index is 11.1. The van der Waals surface area contributed by atoms with E-state index in [0.717, 1.165) is 16.7 Å². The van der Waals surface area contributed by atoms with Gasteiger partial charge in [0.2, 0.25) is 0 Å². The van der Waals surface area contributed by atoms with Crippen molar-refractivity contribution in [1.82, 2.24) is 0 Å². The molecule has 0 aliphatic heterocycles. The van der Waals surface area contributed by atoms with E-state index in [1.165, 1.54) is 4.90 Å². The molecule has 0 saturated carbocycles. The fraction of sp³-hybridized carbons (Fsp3) is 0.333. The molecule has 0 fully saturated rings. The molecule has 0 aliphatic rings.